The van der Waals surface area contributed by atoms with E-state index in [1.807, 2.05) is 6.07 Å². The molecule has 3 rings (SSSR count). The fourth-order valence-corrected chi connectivity index (χ4v) is 2.85. The van der Waals surface area contributed by atoms with E-state index in [4.69, 9.17) is 5.11 Å². The molecule has 1 atom stereocenters. The third kappa shape index (κ3) is 1.99. The normalized spacial score (nSPS) is 17.5. The molecular weight excluding hydrogens is 282 g/mol. The zero-order valence-electron chi connectivity index (χ0n) is 11.9. The zero-order chi connectivity index (χ0) is 15.9. The summed E-state index contributed by atoms with van der Waals surface area (Å²) >= 11 is 0. The monoisotopic (exact) mass is 295 g/mol. The van der Waals surface area contributed by atoms with Gasteiger partial charge >= 0.3 is 5.97 Å². The summed E-state index contributed by atoms with van der Waals surface area (Å²) in [5.74, 6) is -1.43. The molecule has 0 unspecified atom stereocenters. The lowest BCUT2D eigenvalue weighted by Gasteiger charge is -2.23. The first-order valence-electron chi connectivity index (χ1n) is 6.89. The number of hydrogen-bond donors (Lipinski definition) is 1. The Bertz CT molecular complexity index is 870. The van der Waals surface area contributed by atoms with Gasteiger partial charge in [-0.25, -0.2) is 4.98 Å². The highest BCUT2D eigenvalue weighted by atomic mass is 16.4. The zero-order valence-corrected chi connectivity index (χ0v) is 11.9. The topological polar surface area (TPSA) is 96.0 Å². The van der Waals surface area contributed by atoms with E-state index in [1.54, 1.807) is 25.1 Å². The predicted molar refractivity (Wildman–Crippen MR) is 78.9 cm³/mol. The number of allylic oxidation sites excluding steroid dienone is 2. The molecule has 6 nitrogen and oxygen atoms in total. The minimum absolute atomic E-state index is 0.117. The van der Waals surface area contributed by atoms with E-state index in [0.717, 1.165) is 0 Å². The molecule has 0 spiro atoms. The van der Waals surface area contributed by atoms with E-state index in [2.05, 4.69) is 11.1 Å². The maximum Gasteiger partial charge on any atom is 0.303 e. The average Bonchev–Trinajstić information content (AvgIpc) is 2.86. The number of carboxylic acid groups (broad SMARTS) is 1. The molecule has 0 bridgehead atoms. The van der Waals surface area contributed by atoms with Crippen LogP contribution in [0.3, 0.4) is 0 Å². The van der Waals surface area contributed by atoms with Gasteiger partial charge in [0.1, 0.15) is 6.07 Å². The summed E-state index contributed by atoms with van der Waals surface area (Å²) in [6.07, 6.45) is 0.0611. The number of carbonyl (C=O) groups is 2. The van der Waals surface area contributed by atoms with Gasteiger partial charge in [-0.2, -0.15) is 5.26 Å². The Kier molecular flexibility index (Phi) is 3.26. The number of carboxylic acids is 1. The van der Waals surface area contributed by atoms with Crippen molar-refractivity contribution in [2.75, 3.05) is 0 Å². The molecule has 0 aliphatic carbocycles. The highest BCUT2D eigenvalue weighted by molar-refractivity contribution is 6.01. The van der Waals surface area contributed by atoms with Gasteiger partial charge in [0.05, 0.1) is 22.5 Å². The molecule has 1 aromatic carbocycles. The second-order valence-corrected chi connectivity index (χ2v) is 5.25. The number of nitriles is 1. The van der Waals surface area contributed by atoms with Gasteiger partial charge in [0, 0.05) is 6.42 Å². The third-order valence-electron chi connectivity index (χ3n) is 3.98. The fourth-order valence-electron chi connectivity index (χ4n) is 2.85. The van der Waals surface area contributed by atoms with Crippen LogP contribution in [0.25, 0.3) is 16.6 Å². The Morgan fingerprint density at radius 3 is 2.86 bits per heavy atom. The van der Waals surface area contributed by atoms with Gasteiger partial charge in [0.2, 0.25) is 5.91 Å². The van der Waals surface area contributed by atoms with Crippen LogP contribution in [0.5, 0.6) is 0 Å². The highest BCUT2D eigenvalue weighted by Gasteiger charge is 2.34. The Hall–Kier alpha value is -2.94. The molecule has 1 aliphatic heterocycles. The standard InChI is InChI=1S/C16H13N3O3/c1-9-10(6-7-14(20)21)16(22)19-13-5-3-2-4-12(13)18-15(19)11(9)8-17/h2-5,10H,6-7H2,1H3,(H,20,21)/t10-/m0/s1. The van der Waals surface area contributed by atoms with Crippen molar-refractivity contribution in [3.05, 3.63) is 35.7 Å². The summed E-state index contributed by atoms with van der Waals surface area (Å²) in [4.78, 5) is 27.9. The number of carbonyl (C=O) groups excluding carboxylic acids is 1. The number of fused-ring (bicyclic) bond motifs is 3. The molecule has 1 aliphatic rings. The lowest BCUT2D eigenvalue weighted by Crippen LogP contribution is -2.29. The van der Waals surface area contributed by atoms with E-state index in [9.17, 15) is 14.9 Å². The van der Waals surface area contributed by atoms with Crippen molar-refractivity contribution in [3.63, 3.8) is 0 Å². The number of aliphatic carboxylic acids is 1. The number of hydrogen-bond acceptors (Lipinski definition) is 4. The molecule has 110 valence electrons. The van der Waals surface area contributed by atoms with Crippen LogP contribution in [0.2, 0.25) is 0 Å². The molecule has 0 saturated heterocycles. The molecule has 0 saturated carbocycles. The molecule has 1 N–H and O–H groups in total. The van der Waals surface area contributed by atoms with Crippen molar-refractivity contribution in [1.82, 2.24) is 9.55 Å². The van der Waals surface area contributed by atoms with Gasteiger partial charge in [-0.3, -0.25) is 14.2 Å². The van der Waals surface area contributed by atoms with Crippen LogP contribution in [-0.4, -0.2) is 26.5 Å². The quantitative estimate of drug-likeness (QED) is 0.938. The molecule has 1 aromatic heterocycles. The molecule has 2 heterocycles. The molecule has 0 amide bonds. The first kappa shape index (κ1) is 14.0. The van der Waals surface area contributed by atoms with Gasteiger partial charge in [-0.1, -0.05) is 12.1 Å². The summed E-state index contributed by atoms with van der Waals surface area (Å²) in [5.41, 5.74) is 2.23. The number of nitrogens with zero attached hydrogens (tertiary/aromatic N) is 3. The Morgan fingerprint density at radius 2 is 2.18 bits per heavy atom. The fraction of sp³-hybridized carbons (Fsp3) is 0.250. The van der Waals surface area contributed by atoms with Crippen LogP contribution >= 0.6 is 0 Å². The minimum Gasteiger partial charge on any atom is -0.481 e. The lowest BCUT2D eigenvalue weighted by atomic mass is 9.88. The molecular formula is C16H13N3O3. The Labute approximate surface area is 126 Å². The van der Waals surface area contributed by atoms with Crippen LogP contribution in [0.1, 0.15) is 30.4 Å². The predicted octanol–water partition coefficient (Wildman–Crippen LogP) is 2.47. The van der Waals surface area contributed by atoms with Crippen molar-refractivity contribution < 1.29 is 14.7 Å². The SMILES string of the molecule is CC1=C(C#N)c2nc3ccccc3n2C(=O)[C@H]1CCC(=O)O. The summed E-state index contributed by atoms with van der Waals surface area (Å²) in [6, 6.07) is 9.27. The lowest BCUT2D eigenvalue weighted by molar-refractivity contribution is -0.137. The van der Waals surface area contributed by atoms with Gasteiger partial charge in [-0.05, 0) is 31.1 Å². The first-order valence-corrected chi connectivity index (χ1v) is 6.89. The number of benzene rings is 1. The molecule has 0 radical (unpaired) electrons. The second-order valence-electron chi connectivity index (χ2n) is 5.25. The number of rotatable bonds is 3. The molecule has 22 heavy (non-hydrogen) atoms. The summed E-state index contributed by atoms with van der Waals surface area (Å²) in [5, 5.41) is 18.3. The van der Waals surface area contributed by atoms with E-state index >= 15 is 0 Å². The van der Waals surface area contributed by atoms with Crippen LogP contribution in [-0.2, 0) is 4.79 Å². The van der Waals surface area contributed by atoms with Crippen molar-refractivity contribution in [1.29, 1.82) is 5.26 Å². The van der Waals surface area contributed by atoms with Gasteiger partial charge in [0.25, 0.3) is 0 Å². The largest absolute Gasteiger partial charge is 0.481 e. The molecule has 2 aromatic rings. The summed E-state index contributed by atoms with van der Waals surface area (Å²) < 4.78 is 1.44. The molecule has 0 fully saturated rings. The average molecular weight is 295 g/mol. The van der Waals surface area contributed by atoms with E-state index in [1.165, 1.54) is 4.57 Å². The molecule has 6 heteroatoms. The number of para-hydroxylation sites is 2. The smallest absolute Gasteiger partial charge is 0.303 e. The van der Waals surface area contributed by atoms with Gasteiger partial charge < -0.3 is 5.11 Å². The van der Waals surface area contributed by atoms with Crippen molar-refractivity contribution >= 4 is 28.5 Å². The first-order chi connectivity index (χ1) is 10.5. The van der Waals surface area contributed by atoms with E-state index in [-0.39, 0.29) is 18.7 Å². The van der Waals surface area contributed by atoms with Gasteiger partial charge in [0.15, 0.2) is 5.82 Å². The Balaban J connectivity index is 2.20. The van der Waals surface area contributed by atoms with E-state index in [0.29, 0.717) is 28.0 Å². The van der Waals surface area contributed by atoms with E-state index < -0.39 is 11.9 Å². The van der Waals surface area contributed by atoms with Gasteiger partial charge in [-0.15, -0.1) is 0 Å². The second kappa shape index (κ2) is 5.11. The van der Waals surface area contributed by atoms with Crippen LogP contribution in [0.4, 0.5) is 0 Å². The number of imidazole rings is 1. The van der Waals surface area contributed by atoms with Crippen LogP contribution in [0, 0.1) is 17.2 Å². The van der Waals surface area contributed by atoms with Crippen LogP contribution in [0.15, 0.2) is 29.8 Å². The third-order valence-corrected chi connectivity index (χ3v) is 3.98. The Morgan fingerprint density at radius 1 is 1.45 bits per heavy atom. The summed E-state index contributed by atoms with van der Waals surface area (Å²) in [6.45, 7) is 1.70. The maximum absolute atomic E-state index is 12.8. The van der Waals surface area contributed by atoms with Crippen molar-refractivity contribution in [2.24, 2.45) is 5.92 Å². The minimum atomic E-state index is -0.958. The van der Waals surface area contributed by atoms with Crippen molar-refractivity contribution in [3.8, 4) is 6.07 Å². The van der Waals surface area contributed by atoms with Crippen LogP contribution < -0.4 is 0 Å². The summed E-state index contributed by atoms with van der Waals surface area (Å²) in [7, 11) is 0. The number of aromatic nitrogens is 2. The highest BCUT2D eigenvalue weighted by Crippen LogP contribution is 2.35. The maximum atomic E-state index is 12.8. The van der Waals surface area contributed by atoms with Crippen molar-refractivity contribution in [2.45, 2.75) is 19.8 Å².